The number of nitrogens with zero attached hydrogens (tertiary/aromatic N) is 4. The van der Waals surface area contributed by atoms with Crippen molar-refractivity contribution in [2.24, 2.45) is 0 Å². The quantitative estimate of drug-likeness (QED) is 0.433. The number of fused-ring (bicyclic) bond motifs is 1. The van der Waals surface area contributed by atoms with E-state index >= 15 is 0 Å². The van der Waals surface area contributed by atoms with Crippen molar-refractivity contribution >= 4 is 16.8 Å². The number of amides is 1. The van der Waals surface area contributed by atoms with Crippen LogP contribution in [0.2, 0.25) is 0 Å². The lowest BCUT2D eigenvalue weighted by Crippen LogP contribution is -2.49. The summed E-state index contributed by atoms with van der Waals surface area (Å²) in [5, 5.41) is 5.42. The number of hydrogen-bond donors (Lipinski definition) is 1. The lowest BCUT2D eigenvalue weighted by atomic mass is 10.1. The zero-order valence-corrected chi connectivity index (χ0v) is 19.8. The molecule has 2 aromatic heterocycles. The molecule has 4 aromatic rings. The van der Waals surface area contributed by atoms with Crippen LogP contribution in [0, 0.1) is 6.92 Å². The number of para-hydroxylation sites is 1. The standard InChI is InChI=1S/C27H31N5O2/c1-19-10-12-21(13-11-19)26-29-27(34-30-26)20(2)31-14-16-32(17-15-31)25(33)9-5-6-22-18-28-24-8-4-3-7-23(22)24/h3-4,7-8,10-13,18,20,28H,5-6,9,14-17H2,1-2H3. The molecule has 5 rings (SSSR count). The van der Waals surface area contributed by atoms with E-state index in [1.165, 1.54) is 16.5 Å². The maximum absolute atomic E-state index is 12.8. The van der Waals surface area contributed by atoms with Crippen molar-refractivity contribution < 1.29 is 9.32 Å². The average Bonchev–Trinajstić information content (AvgIpc) is 3.52. The summed E-state index contributed by atoms with van der Waals surface area (Å²) in [6, 6.07) is 16.5. The van der Waals surface area contributed by atoms with Gasteiger partial charge in [0.15, 0.2) is 0 Å². The summed E-state index contributed by atoms with van der Waals surface area (Å²) >= 11 is 0. The molecule has 1 aliphatic heterocycles. The summed E-state index contributed by atoms with van der Waals surface area (Å²) in [4.78, 5) is 25.0. The minimum Gasteiger partial charge on any atom is -0.361 e. The van der Waals surface area contributed by atoms with Crippen molar-refractivity contribution in [1.82, 2.24) is 24.9 Å². The summed E-state index contributed by atoms with van der Waals surface area (Å²) in [5.41, 5.74) is 4.59. The van der Waals surface area contributed by atoms with Crippen molar-refractivity contribution in [3.8, 4) is 11.4 Å². The highest BCUT2D eigenvalue weighted by atomic mass is 16.5. The molecule has 1 saturated heterocycles. The highest BCUT2D eigenvalue weighted by Crippen LogP contribution is 2.24. The van der Waals surface area contributed by atoms with Gasteiger partial charge in [-0.15, -0.1) is 0 Å². The topological polar surface area (TPSA) is 78.3 Å². The van der Waals surface area contributed by atoms with Gasteiger partial charge in [-0.2, -0.15) is 4.98 Å². The Morgan fingerprint density at radius 1 is 1.09 bits per heavy atom. The van der Waals surface area contributed by atoms with E-state index in [0.717, 1.165) is 50.1 Å². The van der Waals surface area contributed by atoms with Crippen molar-refractivity contribution in [2.45, 2.75) is 39.2 Å². The molecule has 0 saturated carbocycles. The van der Waals surface area contributed by atoms with Crippen molar-refractivity contribution in [3.05, 3.63) is 71.7 Å². The first-order valence-electron chi connectivity index (χ1n) is 12.1. The van der Waals surface area contributed by atoms with Gasteiger partial charge in [-0.3, -0.25) is 9.69 Å². The number of piperazine rings is 1. The van der Waals surface area contributed by atoms with Gasteiger partial charge >= 0.3 is 0 Å². The molecule has 3 heterocycles. The van der Waals surface area contributed by atoms with E-state index in [4.69, 9.17) is 4.52 Å². The molecule has 7 nitrogen and oxygen atoms in total. The molecule has 0 bridgehead atoms. The monoisotopic (exact) mass is 457 g/mol. The summed E-state index contributed by atoms with van der Waals surface area (Å²) in [5.74, 6) is 1.48. The van der Waals surface area contributed by atoms with E-state index in [2.05, 4.69) is 58.3 Å². The van der Waals surface area contributed by atoms with E-state index in [0.29, 0.717) is 18.1 Å². The van der Waals surface area contributed by atoms with E-state index in [1.807, 2.05) is 35.2 Å². The first kappa shape index (κ1) is 22.3. The normalized spacial score (nSPS) is 15.6. The second-order valence-corrected chi connectivity index (χ2v) is 9.13. The van der Waals surface area contributed by atoms with Gasteiger partial charge in [-0.25, -0.2) is 0 Å². The molecule has 7 heteroatoms. The number of aryl methyl sites for hydroxylation is 2. The maximum atomic E-state index is 12.8. The number of H-pyrrole nitrogens is 1. The van der Waals surface area contributed by atoms with Gasteiger partial charge in [-0.1, -0.05) is 53.2 Å². The summed E-state index contributed by atoms with van der Waals surface area (Å²) in [6.45, 7) is 7.21. The van der Waals surface area contributed by atoms with Crippen molar-refractivity contribution in [1.29, 1.82) is 0 Å². The molecule has 1 amide bonds. The zero-order chi connectivity index (χ0) is 23.5. The van der Waals surface area contributed by atoms with Gasteiger partial charge in [0.1, 0.15) is 0 Å². The van der Waals surface area contributed by atoms with E-state index in [1.54, 1.807) is 0 Å². The van der Waals surface area contributed by atoms with Crippen LogP contribution in [0.1, 0.15) is 42.8 Å². The van der Waals surface area contributed by atoms with Gasteiger partial charge in [0.25, 0.3) is 0 Å². The number of hydrogen-bond acceptors (Lipinski definition) is 5. The largest absolute Gasteiger partial charge is 0.361 e. The van der Waals surface area contributed by atoms with Crippen LogP contribution in [0.15, 0.2) is 59.3 Å². The number of carbonyl (C=O) groups excluding carboxylic acids is 1. The van der Waals surface area contributed by atoms with Crippen molar-refractivity contribution in [2.75, 3.05) is 26.2 Å². The Morgan fingerprint density at radius 2 is 1.85 bits per heavy atom. The Labute approximate surface area is 199 Å². The number of nitrogens with one attached hydrogen (secondary N) is 1. The molecule has 1 N–H and O–H groups in total. The molecule has 0 radical (unpaired) electrons. The maximum Gasteiger partial charge on any atom is 0.244 e. The first-order chi connectivity index (χ1) is 16.6. The van der Waals surface area contributed by atoms with Crippen LogP contribution < -0.4 is 0 Å². The fourth-order valence-corrected chi connectivity index (χ4v) is 4.67. The number of rotatable bonds is 7. The molecule has 1 aliphatic rings. The molecule has 1 atom stereocenters. The predicted octanol–water partition coefficient (Wildman–Crippen LogP) is 4.75. The lowest BCUT2D eigenvalue weighted by Gasteiger charge is -2.36. The third kappa shape index (κ3) is 4.75. The molecule has 34 heavy (non-hydrogen) atoms. The van der Waals surface area contributed by atoms with Gasteiger partial charge in [0, 0.05) is 55.3 Å². The highest BCUT2D eigenvalue weighted by Gasteiger charge is 2.27. The fourth-order valence-electron chi connectivity index (χ4n) is 4.67. The number of carbonyl (C=O) groups is 1. The summed E-state index contributed by atoms with van der Waals surface area (Å²) in [7, 11) is 0. The van der Waals surface area contributed by atoms with Gasteiger partial charge < -0.3 is 14.4 Å². The molecule has 176 valence electrons. The van der Waals surface area contributed by atoms with Gasteiger partial charge in [-0.05, 0) is 38.3 Å². The lowest BCUT2D eigenvalue weighted by molar-refractivity contribution is -0.133. The third-order valence-electron chi connectivity index (χ3n) is 6.84. The van der Waals surface area contributed by atoms with Gasteiger partial charge in [0.05, 0.1) is 6.04 Å². The van der Waals surface area contributed by atoms with Crippen molar-refractivity contribution in [3.63, 3.8) is 0 Å². The molecule has 1 fully saturated rings. The molecular formula is C27H31N5O2. The SMILES string of the molecule is Cc1ccc(-c2noc(C(C)N3CCN(C(=O)CCCc4c[nH]c5ccccc45)CC3)n2)cc1. The summed E-state index contributed by atoms with van der Waals surface area (Å²) in [6.07, 6.45) is 4.42. The Balaban J connectivity index is 1.10. The minimum atomic E-state index is 0.0193. The molecule has 1 unspecified atom stereocenters. The van der Waals surface area contributed by atoms with Crippen LogP contribution in [-0.4, -0.2) is 57.0 Å². The smallest absolute Gasteiger partial charge is 0.244 e. The van der Waals surface area contributed by atoms with E-state index < -0.39 is 0 Å². The molecule has 0 aliphatic carbocycles. The molecule has 0 spiro atoms. The average molecular weight is 458 g/mol. The van der Waals surface area contributed by atoms with Crippen LogP contribution in [0.4, 0.5) is 0 Å². The summed E-state index contributed by atoms with van der Waals surface area (Å²) < 4.78 is 5.57. The zero-order valence-electron chi connectivity index (χ0n) is 19.8. The molecule has 2 aromatic carbocycles. The van der Waals surface area contributed by atoms with Crippen LogP contribution in [0.25, 0.3) is 22.3 Å². The third-order valence-corrected chi connectivity index (χ3v) is 6.84. The Bertz CT molecular complexity index is 1250. The van der Waals surface area contributed by atoms with Crippen LogP contribution in [-0.2, 0) is 11.2 Å². The Morgan fingerprint density at radius 3 is 2.65 bits per heavy atom. The second kappa shape index (κ2) is 9.81. The minimum absolute atomic E-state index is 0.0193. The Hall–Kier alpha value is -3.45. The number of benzene rings is 2. The Kier molecular flexibility index (Phi) is 6.45. The first-order valence-corrected chi connectivity index (χ1v) is 12.1. The van der Waals surface area contributed by atoms with Crippen LogP contribution >= 0.6 is 0 Å². The second-order valence-electron chi connectivity index (χ2n) is 9.13. The number of aromatic nitrogens is 3. The van der Waals surface area contributed by atoms with Gasteiger partial charge in [0.2, 0.25) is 17.6 Å². The predicted molar refractivity (Wildman–Crippen MR) is 132 cm³/mol. The highest BCUT2D eigenvalue weighted by molar-refractivity contribution is 5.83. The fraction of sp³-hybridized carbons (Fsp3) is 0.370. The van der Waals surface area contributed by atoms with Crippen LogP contribution in [0.3, 0.4) is 0 Å². The molecular weight excluding hydrogens is 426 g/mol. The van der Waals surface area contributed by atoms with Crippen LogP contribution in [0.5, 0.6) is 0 Å². The number of aromatic amines is 1. The van der Waals surface area contributed by atoms with E-state index in [9.17, 15) is 4.79 Å². The van der Waals surface area contributed by atoms with E-state index in [-0.39, 0.29) is 11.9 Å².